The summed E-state index contributed by atoms with van der Waals surface area (Å²) in [6.45, 7) is 0.661. The minimum absolute atomic E-state index is 0.0325. The summed E-state index contributed by atoms with van der Waals surface area (Å²) < 4.78 is 78.2. The van der Waals surface area contributed by atoms with Crippen LogP contribution in [0.15, 0.2) is 18.3 Å². The van der Waals surface area contributed by atoms with E-state index in [1.807, 2.05) is 0 Å². The summed E-state index contributed by atoms with van der Waals surface area (Å²) in [5.74, 6) is -2.27. The third kappa shape index (κ3) is 4.67. The second kappa shape index (κ2) is 8.38. The van der Waals surface area contributed by atoms with Gasteiger partial charge in [-0.2, -0.15) is 26.3 Å². The van der Waals surface area contributed by atoms with Gasteiger partial charge in [-0.1, -0.05) is 23.2 Å². The van der Waals surface area contributed by atoms with Crippen LogP contribution in [0, 0.1) is 20.2 Å². The van der Waals surface area contributed by atoms with Crippen LogP contribution in [-0.4, -0.2) is 20.7 Å². The van der Waals surface area contributed by atoms with Gasteiger partial charge in [0.1, 0.15) is 5.02 Å². The molecule has 0 atom stereocenters. The number of alkyl halides is 6. The molecular weight excluding hydrogens is 501 g/mol. The molecule has 0 radical (unpaired) electrons. The number of hydrogen-bond donors (Lipinski definition) is 0. The van der Waals surface area contributed by atoms with Crippen LogP contribution in [0.2, 0.25) is 10.0 Å². The number of rotatable bonds is 4. The molecule has 32 heavy (non-hydrogen) atoms. The number of pyridine rings is 1. The zero-order valence-electron chi connectivity index (χ0n) is 15.1. The van der Waals surface area contributed by atoms with E-state index in [0.29, 0.717) is 6.92 Å². The highest BCUT2D eigenvalue weighted by atomic mass is 35.5. The Hall–Kier alpha value is -3.20. The van der Waals surface area contributed by atoms with Crippen LogP contribution in [0.5, 0.6) is 0 Å². The first-order valence-corrected chi connectivity index (χ1v) is 8.50. The normalized spacial score (nSPS) is 11.9. The van der Waals surface area contributed by atoms with Crippen molar-refractivity contribution in [2.75, 3.05) is 4.90 Å². The second-order valence-electron chi connectivity index (χ2n) is 5.85. The maximum atomic E-state index is 13.2. The molecule has 2 aromatic rings. The number of carbonyl (C=O) groups excluding carboxylic acids is 1. The van der Waals surface area contributed by atoms with Crippen LogP contribution < -0.4 is 4.90 Å². The lowest BCUT2D eigenvalue weighted by molar-refractivity contribution is -0.392. The number of aromatic nitrogens is 1. The van der Waals surface area contributed by atoms with E-state index in [9.17, 15) is 51.4 Å². The van der Waals surface area contributed by atoms with Crippen molar-refractivity contribution in [3.05, 3.63) is 59.7 Å². The number of amides is 1. The molecule has 0 aliphatic rings. The smallest absolute Gasteiger partial charge is 0.274 e. The van der Waals surface area contributed by atoms with E-state index in [-0.39, 0.29) is 23.2 Å². The standard InChI is InChI=1S/C15H6Cl2F6N4O5/c1-5(28)25(13-8(16)2-6(4-24-13)14(18,19)20)11-9(26(29)30)3-7(15(21,22)23)10(17)12(11)27(31)32/h2-4H,1H3. The first-order valence-electron chi connectivity index (χ1n) is 7.74. The van der Waals surface area contributed by atoms with Crippen molar-refractivity contribution in [3.8, 4) is 0 Å². The van der Waals surface area contributed by atoms with E-state index in [0.717, 1.165) is 0 Å². The third-order valence-electron chi connectivity index (χ3n) is 3.78. The predicted molar refractivity (Wildman–Crippen MR) is 96.8 cm³/mol. The molecule has 0 saturated carbocycles. The summed E-state index contributed by atoms with van der Waals surface area (Å²) in [5.41, 5.74) is -8.03. The maximum absolute atomic E-state index is 13.2. The van der Waals surface area contributed by atoms with Gasteiger partial charge in [-0.25, -0.2) is 4.98 Å². The van der Waals surface area contributed by atoms with Gasteiger partial charge in [0.2, 0.25) is 11.6 Å². The first kappa shape index (κ1) is 25.1. The van der Waals surface area contributed by atoms with Gasteiger partial charge in [-0.3, -0.25) is 29.9 Å². The molecule has 17 heteroatoms. The van der Waals surface area contributed by atoms with Crippen molar-refractivity contribution in [1.82, 2.24) is 4.98 Å². The molecule has 1 aromatic carbocycles. The Labute approximate surface area is 182 Å². The number of carbonyl (C=O) groups is 1. The van der Waals surface area contributed by atoms with Crippen molar-refractivity contribution >= 4 is 52.0 Å². The van der Waals surface area contributed by atoms with Gasteiger partial charge < -0.3 is 0 Å². The van der Waals surface area contributed by atoms with Crippen molar-refractivity contribution < 1.29 is 41.0 Å². The summed E-state index contributed by atoms with van der Waals surface area (Å²) in [7, 11) is 0. The number of nitro benzene ring substituents is 2. The Bertz CT molecular complexity index is 1140. The molecule has 0 bridgehead atoms. The van der Waals surface area contributed by atoms with Gasteiger partial charge in [-0.15, -0.1) is 0 Å². The number of hydrogen-bond acceptors (Lipinski definition) is 6. The fourth-order valence-corrected chi connectivity index (χ4v) is 3.09. The van der Waals surface area contributed by atoms with Crippen molar-refractivity contribution in [2.45, 2.75) is 19.3 Å². The Morgan fingerprint density at radius 2 is 1.59 bits per heavy atom. The molecule has 0 aliphatic heterocycles. The van der Waals surface area contributed by atoms with Crippen molar-refractivity contribution in [3.63, 3.8) is 0 Å². The fraction of sp³-hybridized carbons (Fsp3) is 0.200. The van der Waals surface area contributed by atoms with Gasteiger partial charge in [0.15, 0.2) is 5.82 Å². The highest BCUT2D eigenvalue weighted by Crippen LogP contribution is 2.51. The molecule has 9 nitrogen and oxygen atoms in total. The average Bonchev–Trinajstić information content (AvgIpc) is 2.60. The Balaban J connectivity index is 3.00. The van der Waals surface area contributed by atoms with Crippen LogP contribution >= 0.6 is 23.2 Å². The quantitative estimate of drug-likeness (QED) is 0.288. The van der Waals surface area contributed by atoms with E-state index >= 15 is 0 Å². The maximum Gasteiger partial charge on any atom is 0.418 e. The lowest BCUT2D eigenvalue weighted by atomic mass is 10.1. The Morgan fingerprint density at radius 3 is 1.97 bits per heavy atom. The molecule has 0 unspecified atom stereocenters. The average molecular weight is 507 g/mol. The number of nitro groups is 2. The molecule has 1 amide bonds. The summed E-state index contributed by atoms with van der Waals surface area (Å²) in [5, 5.41) is 20.4. The molecule has 2 rings (SSSR count). The van der Waals surface area contributed by atoms with Crippen molar-refractivity contribution in [1.29, 1.82) is 0 Å². The van der Waals surface area contributed by atoms with Gasteiger partial charge in [0, 0.05) is 19.2 Å². The molecule has 1 aromatic heterocycles. The molecule has 0 fully saturated rings. The van der Waals surface area contributed by atoms with Gasteiger partial charge in [0.25, 0.3) is 0 Å². The summed E-state index contributed by atoms with van der Waals surface area (Å²) in [6, 6.07) is 0.113. The summed E-state index contributed by atoms with van der Waals surface area (Å²) in [6.07, 6.45) is -10.1. The highest BCUT2D eigenvalue weighted by Gasteiger charge is 2.45. The molecule has 172 valence electrons. The molecule has 0 aliphatic carbocycles. The fourth-order valence-electron chi connectivity index (χ4n) is 2.52. The zero-order valence-corrected chi connectivity index (χ0v) is 16.6. The molecule has 0 saturated heterocycles. The first-order chi connectivity index (χ1) is 14.5. The number of nitrogens with zero attached hydrogens (tertiary/aromatic N) is 4. The summed E-state index contributed by atoms with van der Waals surface area (Å²) >= 11 is 11.2. The highest BCUT2D eigenvalue weighted by molar-refractivity contribution is 6.35. The monoisotopic (exact) mass is 506 g/mol. The Morgan fingerprint density at radius 1 is 1.03 bits per heavy atom. The summed E-state index contributed by atoms with van der Waals surface area (Å²) in [4.78, 5) is 35.5. The molecule has 0 spiro atoms. The molecular formula is C15H6Cl2F6N4O5. The second-order valence-corrected chi connectivity index (χ2v) is 6.63. The zero-order chi connectivity index (χ0) is 24.8. The molecule has 1 heterocycles. The van der Waals surface area contributed by atoms with Crippen LogP contribution in [0.1, 0.15) is 18.1 Å². The minimum Gasteiger partial charge on any atom is -0.274 e. The van der Waals surface area contributed by atoms with Gasteiger partial charge >= 0.3 is 23.7 Å². The van der Waals surface area contributed by atoms with E-state index in [1.54, 1.807) is 0 Å². The molecule has 0 N–H and O–H groups in total. The lowest BCUT2D eigenvalue weighted by Crippen LogP contribution is -2.27. The SMILES string of the molecule is CC(=O)N(c1ncc(C(F)(F)F)cc1Cl)c1c([N+](=O)[O-])cc(C(F)(F)F)c(Cl)c1[N+](=O)[O-]. The van der Waals surface area contributed by atoms with Gasteiger partial charge in [0.05, 0.1) is 26.0 Å². The van der Waals surface area contributed by atoms with Gasteiger partial charge in [-0.05, 0) is 6.07 Å². The number of anilines is 2. The van der Waals surface area contributed by atoms with E-state index in [4.69, 9.17) is 23.2 Å². The van der Waals surface area contributed by atoms with Crippen molar-refractivity contribution in [2.24, 2.45) is 0 Å². The predicted octanol–water partition coefficient (Wildman–Crippen LogP) is 5.93. The topological polar surface area (TPSA) is 119 Å². The van der Waals surface area contributed by atoms with Crippen LogP contribution in [0.3, 0.4) is 0 Å². The van der Waals surface area contributed by atoms with E-state index in [2.05, 4.69) is 4.98 Å². The largest absolute Gasteiger partial charge is 0.418 e. The van der Waals surface area contributed by atoms with Crippen LogP contribution in [0.25, 0.3) is 0 Å². The Kier molecular flexibility index (Phi) is 6.57. The lowest BCUT2D eigenvalue weighted by Gasteiger charge is -2.22. The minimum atomic E-state index is -5.36. The van der Waals surface area contributed by atoms with Crippen LogP contribution in [-0.2, 0) is 17.1 Å². The van der Waals surface area contributed by atoms with E-state index < -0.39 is 72.2 Å². The van der Waals surface area contributed by atoms with Crippen LogP contribution in [0.4, 0.5) is 49.2 Å². The third-order valence-corrected chi connectivity index (χ3v) is 4.44. The number of halogens is 8. The van der Waals surface area contributed by atoms with E-state index in [1.165, 1.54) is 0 Å². The number of benzene rings is 1.